The van der Waals surface area contributed by atoms with Gasteiger partial charge in [-0.05, 0) is 17.7 Å². The molecule has 18 heavy (non-hydrogen) atoms. The Morgan fingerprint density at radius 2 is 2.06 bits per heavy atom. The van der Waals surface area contributed by atoms with Crippen LogP contribution in [-0.4, -0.2) is 21.1 Å². The number of amides is 1. The van der Waals surface area contributed by atoms with Crippen LogP contribution < -0.4 is 5.32 Å². The summed E-state index contributed by atoms with van der Waals surface area (Å²) in [5.74, 6) is -0.0520. The Bertz CT molecular complexity index is 574. The van der Waals surface area contributed by atoms with Crippen LogP contribution in [0.2, 0.25) is 0 Å². The average molecular weight is 239 g/mol. The van der Waals surface area contributed by atoms with Crippen molar-refractivity contribution in [2.75, 3.05) is 5.32 Å². The van der Waals surface area contributed by atoms with E-state index in [1.165, 1.54) is 12.4 Å². The molecule has 0 unspecified atom stereocenters. The first-order valence-electron chi connectivity index (χ1n) is 5.20. The molecule has 0 spiro atoms. The number of nitrogens with one attached hydrogen (secondary N) is 1. The maximum atomic E-state index is 11.7. The van der Waals surface area contributed by atoms with E-state index >= 15 is 0 Å². The summed E-state index contributed by atoms with van der Waals surface area (Å²) < 4.78 is 0. The lowest BCUT2D eigenvalue weighted by molar-refractivity contribution is -0.115. The molecular formula is C12H9N5O. The van der Waals surface area contributed by atoms with Crippen molar-refractivity contribution in [2.24, 2.45) is 0 Å². The first-order chi connectivity index (χ1) is 8.78. The minimum Gasteiger partial charge on any atom is -0.293 e. The van der Waals surface area contributed by atoms with Gasteiger partial charge in [0.15, 0.2) is 0 Å². The van der Waals surface area contributed by atoms with Crippen LogP contribution in [-0.2, 0) is 11.2 Å². The molecule has 6 nitrogen and oxygen atoms in total. The fourth-order valence-electron chi connectivity index (χ4n) is 1.36. The summed E-state index contributed by atoms with van der Waals surface area (Å²) in [6.07, 6.45) is 3.07. The molecule has 1 amide bonds. The highest BCUT2D eigenvalue weighted by Gasteiger charge is 2.05. The average Bonchev–Trinajstić information content (AvgIpc) is 2.40. The number of anilines is 1. The Kier molecular flexibility index (Phi) is 3.56. The van der Waals surface area contributed by atoms with Crippen LogP contribution in [0, 0.1) is 11.3 Å². The first kappa shape index (κ1) is 11.7. The van der Waals surface area contributed by atoms with Gasteiger partial charge in [-0.15, -0.1) is 5.10 Å². The fourth-order valence-corrected chi connectivity index (χ4v) is 1.36. The number of benzene rings is 1. The van der Waals surface area contributed by atoms with Crippen LogP contribution in [0.4, 0.5) is 5.95 Å². The summed E-state index contributed by atoms with van der Waals surface area (Å²) in [6, 6.07) is 8.83. The first-order valence-corrected chi connectivity index (χ1v) is 5.20. The van der Waals surface area contributed by atoms with Crippen molar-refractivity contribution in [3.05, 3.63) is 47.8 Å². The van der Waals surface area contributed by atoms with E-state index in [0.717, 1.165) is 5.56 Å². The monoisotopic (exact) mass is 239 g/mol. The van der Waals surface area contributed by atoms with E-state index in [-0.39, 0.29) is 18.3 Å². The number of nitriles is 1. The summed E-state index contributed by atoms with van der Waals surface area (Å²) in [5.41, 5.74) is 1.38. The molecule has 0 aliphatic carbocycles. The molecule has 2 rings (SSSR count). The zero-order valence-electron chi connectivity index (χ0n) is 9.37. The summed E-state index contributed by atoms with van der Waals surface area (Å²) in [7, 11) is 0. The van der Waals surface area contributed by atoms with Gasteiger partial charge in [0.2, 0.25) is 11.9 Å². The van der Waals surface area contributed by atoms with Crippen LogP contribution in [0.5, 0.6) is 0 Å². The Morgan fingerprint density at radius 3 is 2.67 bits per heavy atom. The van der Waals surface area contributed by atoms with Crippen molar-refractivity contribution < 1.29 is 4.79 Å². The van der Waals surface area contributed by atoms with E-state index in [1.54, 1.807) is 24.3 Å². The molecule has 1 aromatic carbocycles. The van der Waals surface area contributed by atoms with Gasteiger partial charge in [-0.2, -0.15) is 10.4 Å². The second kappa shape index (κ2) is 5.50. The largest absolute Gasteiger partial charge is 0.293 e. The number of hydrogen-bond donors (Lipinski definition) is 1. The van der Waals surface area contributed by atoms with Crippen molar-refractivity contribution in [1.29, 1.82) is 5.26 Å². The zero-order valence-corrected chi connectivity index (χ0v) is 9.37. The van der Waals surface area contributed by atoms with Crippen molar-refractivity contribution in [1.82, 2.24) is 15.2 Å². The number of carbonyl (C=O) groups excluding carboxylic acids is 1. The van der Waals surface area contributed by atoms with Crippen LogP contribution in [0.25, 0.3) is 0 Å². The van der Waals surface area contributed by atoms with E-state index < -0.39 is 0 Å². The number of nitrogens with zero attached hydrogens (tertiary/aromatic N) is 4. The van der Waals surface area contributed by atoms with Gasteiger partial charge in [0.05, 0.1) is 30.4 Å². The second-order valence-corrected chi connectivity index (χ2v) is 3.50. The standard InChI is InChI=1S/C12H9N5O/c13-8-10-3-1-9(2-4-10)7-11(18)16-12-14-5-6-15-17-12/h1-6H,7H2,(H,14,16,17,18). The van der Waals surface area contributed by atoms with Crippen LogP contribution in [0.15, 0.2) is 36.7 Å². The maximum absolute atomic E-state index is 11.7. The number of hydrogen-bond acceptors (Lipinski definition) is 5. The van der Waals surface area contributed by atoms with Crippen LogP contribution in [0.1, 0.15) is 11.1 Å². The highest BCUT2D eigenvalue weighted by Crippen LogP contribution is 2.05. The number of carbonyl (C=O) groups is 1. The maximum Gasteiger partial charge on any atom is 0.249 e. The smallest absolute Gasteiger partial charge is 0.249 e. The Labute approximate surface area is 103 Å². The molecule has 0 bridgehead atoms. The van der Waals surface area contributed by atoms with E-state index in [1.807, 2.05) is 6.07 Å². The molecule has 0 aliphatic heterocycles. The molecular weight excluding hydrogens is 230 g/mol. The Balaban J connectivity index is 1.97. The molecule has 88 valence electrons. The van der Waals surface area contributed by atoms with Crippen molar-refractivity contribution in [3.8, 4) is 6.07 Å². The van der Waals surface area contributed by atoms with Crippen molar-refractivity contribution >= 4 is 11.9 Å². The van der Waals surface area contributed by atoms with Gasteiger partial charge in [-0.1, -0.05) is 12.1 Å². The quantitative estimate of drug-likeness (QED) is 0.860. The molecule has 1 aromatic heterocycles. The van der Waals surface area contributed by atoms with Gasteiger partial charge in [0.1, 0.15) is 0 Å². The van der Waals surface area contributed by atoms with E-state index in [4.69, 9.17) is 5.26 Å². The highest BCUT2D eigenvalue weighted by atomic mass is 16.1. The summed E-state index contributed by atoms with van der Waals surface area (Å²) >= 11 is 0. The molecule has 0 atom stereocenters. The number of aromatic nitrogens is 3. The summed E-state index contributed by atoms with van der Waals surface area (Å²) in [6.45, 7) is 0. The van der Waals surface area contributed by atoms with Gasteiger partial charge in [-0.25, -0.2) is 4.98 Å². The molecule has 0 saturated heterocycles. The molecule has 0 saturated carbocycles. The predicted molar refractivity (Wildman–Crippen MR) is 63.3 cm³/mol. The summed E-state index contributed by atoms with van der Waals surface area (Å²) in [5, 5.41) is 18.4. The highest BCUT2D eigenvalue weighted by molar-refractivity contribution is 5.90. The van der Waals surface area contributed by atoms with Crippen molar-refractivity contribution in [3.63, 3.8) is 0 Å². The molecule has 1 heterocycles. The van der Waals surface area contributed by atoms with E-state index in [0.29, 0.717) is 5.56 Å². The van der Waals surface area contributed by atoms with Gasteiger partial charge in [0.25, 0.3) is 0 Å². The third kappa shape index (κ3) is 3.09. The minimum atomic E-state index is -0.229. The molecule has 1 N–H and O–H groups in total. The molecule has 0 radical (unpaired) electrons. The Hall–Kier alpha value is -2.81. The third-order valence-corrected chi connectivity index (χ3v) is 2.18. The lowest BCUT2D eigenvalue weighted by Crippen LogP contribution is -2.16. The lowest BCUT2D eigenvalue weighted by atomic mass is 10.1. The zero-order chi connectivity index (χ0) is 12.8. The normalized spacial score (nSPS) is 9.50. The van der Waals surface area contributed by atoms with Crippen molar-refractivity contribution in [2.45, 2.75) is 6.42 Å². The van der Waals surface area contributed by atoms with Gasteiger partial charge >= 0.3 is 0 Å². The fraction of sp³-hybridized carbons (Fsp3) is 0.0833. The summed E-state index contributed by atoms with van der Waals surface area (Å²) in [4.78, 5) is 15.5. The molecule has 0 fully saturated rings. The van der Waals surface area contributed by atoms with Gasteiger partial charge < -0.3 is 0 Å². The van der Waals surface area contributed by atoms with E-state index in [2.05, 4.69) is 20.5 Å². The minimum absolute atomic E-state index is 0.177. The molecule has 0 aliphatic rings. The second-order valence-electron chi connectivity index (χ2n) is 3.50. The third-order valence-electron chi connectivity index (χ3n) is 2.18. The SMILES string of the molecule is N#Cc1ccc(CC(=O)Nc2nccnn2)cc1. The van der Waals surface area contributed by atoms with E-state index in [9.17, 15) is 4.79 Å². The van der Waals surface area contributed by atoms with Crippen LogP contribution in [0.3, 0.4) is 0 Å². The van der Waals surface area contributed by atoms with Crippen LogP contribution >= 0.6 is 0 Å². The topological polar surface area (TPSA) is 91.6 Å². The van der Waals surface area contributed by atoms with Gasteiger partial charge in [0, 0.05) is 0 Å². The lowest BCUT2D eigenvalue weighted by Gasteiger charge is -2.02. The Morgan fingerprint density at radius 1 is 1.28 bits per heavy atom. The molecule has 6 heteroatoms. The number of rotatable bonds is 3. The molecule has 2 aromatic rings. The predicted octanol–water partition coefficient (Wildman–Crippen LogP) is 0.924. The van der Waals surface area contributed by atoms with Gasteiger partial charge in [-0.3, -0.25) is 10.1 Å².